The average molecular weight is 357 g/mol. The van der Waals surface area contributed by atoms with Crippen LogP contribution < -0.4 is 11.1 Å². The van der Waals surface area contributed by atoms with Crippen LogP contribution in [0.25, 0.3) is 0 Å². The molecular weight excluding hydrogens is 348 g/mol. The van der Waals surface area contributed by atoms with Gasteiger partial charge in [-0.3, -0.25) is 9.59 Å². The molecule has 0 atom stereocenters. The van der Waals surface area contributed by atoms with Crippen molar-refractivity contribution in [3.63, 3.8) is 0 Å². The average Bonchev–Trinajstić information content (AvgIpc) is 2.43. The summed E-state index contributed by atoms with van der Waals surface area (Å²) < 4.78 is 0.220. The maximum atomic E-state index is 10.7. The van der Waals surface area contributed by atoms with Crippen LogP contribution in [0.1, 0.15) is 20.7 Å². The predicted octanol–water partition coefficient (Wildman–Crippen LogP) is 0.909. The molecule has 0 saturated heterocycles. The Morgan fingerprint density at radius 3 is 1.95 bits per heavy atom. The molecule has 0 unspecified atom stereocenters. The second-order valence-corrected chi connectivity index (χ2v) is 4.47. The summed E-state index contributed by atoms with van der Waals surface area (Å²) in [6, 6.07) is 3.67. The Morgan fingerprint density at radius 2 is 1.52 bits per heavy atom. The van der Waals surface area contributed by atoms with Crippen LogP contribution in [0.3, 0.4) is 0 Å². The maximum Gasteiger partial charge on any atom is 0.337 e. The highest BCUT2D eigenvalue weighted by Gasteiger charge is 2.03. The van der Waals surface area contributed by atoms with E-state index in [-0.39, 0.29) is 26.7 Å². The minimum Gasteiger partial charge on any atom is -0.478 e. The van der Waals surface area contributed by atoms with Crippen molar-refractivity contribution in [2.24, 2.45) is 0 Å². The van der Waals surface area contributed by atoms with E-state index in [2.05, 4.69) is 25.9 Å². The van der Waals surface area contributed by atoms with Gasteiger partial charge in [0.05, 0.1) is 15.6 Å². The number of H-pyrrole nitrogens is 2. The van der Waals surface area contributed by atoms with E-state index < -0.39 is 11.9 Å². The zero-order valence-electron chi connectivity index (χ0n) is 10.3. The molecule has 0 spiro atoms. The number of carboxylic acids is 2. The Morgan fingerprint density at radius 1 is 0.952 bits per heavy atom. The zero-order chi connectivity index (χ0) is 16.0. The topological polar surface area (TPSA) is 140 Å². The molecule has 0 radical (unpaired) electrons. The molecule has 8 nitrogen and oxygen atoms in total. The van der Waals surface area contributed by atoms with Crippen LogP contribution in [0.2, 0.25) is 0 Å². The number of aromatic nitrogens is 2. The van der Waals surface area contributed by atoms with Crippen molar-refractivity contribution in [2.45, 2.75) is 0 Å². The van der Waals surface area contributed by atoms with Gasteiger partial charge in [-0.15, -0.1) is 0 Å². The first-order chi connectivity index (χ1) is 9.81. The van der Waals surface area contributed by atoms with E-state index in [1.165, 1.54) is 18.2 Å². The summed E-state index contributed by atoms with van der Waals surface area (Å²) in [6.45, 7) is 0. The van der Waals surface area contributed by atoms with Crippen LogP contribution in [0.4, 0.5) is 0 Å². The first-order valence-corrected chi connectivity index (χ1v) is 6.14. The molecule has 0 aliphatic carbocycles. The zero-order valence-corrected chi connectivity index (χ0v) is 11.9. The summed E-state index contributed by atoms with van der Waals surface area (Å²) in [4.78, 5) is 46.1. The van der Waals surface area contributed by atoms with Crippen molar-refractivity contribution in [1.82, 2.24) is 9.97 Å². The minimum absolute atomic E-state index is 0.0523. The Bertz CT molecular complexity index is 759. The number of hydrogen-bond donors (Lipinski definition) is 4. The molecule has 9 heteroatoms. The molecule has 0 amide bonds. The molecule has 0 saturated carbocycles. The van der Waals surface area contributed by atoms with Gasteiger partial charge < -0.3 is 20.2 Å². The number of hydrogen-bond acceptors (Lipinski definition) is 4. The Kier molecular flexibility index (Phi) is 5.61. The summed E-state index contributed by atoms with van der Waals surface area (Å²) in [5.41, 5.74) is -0.504. The number of carbonyl (C=O) groups is 2. The van der Waals surface area contributed by atoms with Crippen LogP contribution in [-0.2, 0) is 0 Å². The van der Waals surface area contributed by atoms with Gasteiger partial charge in [-0.1, -0.05) is 0 Å². The molecule has 2 aromatic rings. The molecule has 2 rings (SSSR count). The predicted molar refractivity (Wildman–Crippen MR) is 75.7 cm³/mol. The van der Waals surface area contributed by atoms with Crippen LogP contribution in [0.5, 0.6) is 0 Å². The minimum atomic E-state index is -1.07. The van der Waals surface area contributed by atoms with Crippen molar-refractivity contribution in [3.05, 3.63) is 66.9 Å². The van der Waals surface area contributed by atoms with Crippen molar-refractivity contribution in [2.75, 3.05) is 0 Å². The van der Waals surface area contributed by atoms with Crippen molar-refractivity contribution >= 4 is 27.9 Å². The van der Waals surface area contributed by atoms with Crippen LogP contribution in [0.15, 0.2) is 44.7 Å². The number of pyridine rings is 2. The molecule has 2 heterocycles. The molecule has 0 aliphatic heterocycles. The van der Waals surface area contributed by atoms with Crippen molar-refractivity contribution < 1.29 is 19.8 Å². The van der Waals surface area contributed by atoms with E-state index in [1.54, 1.807) is 0 Å². The highest BCUT2D eigenvalue weighted by molar-refractivity contribution is 9.10. The number of carboxylic acid groups (broad SMARTS) is 2. The lowest BCUT2D eigenvalue weighted by atomic mass is 10.3. The lowest BCUT2D eigenvalue weighted by molar-refractivity contribution is 0.0685. The van der Waals surface area contributed by atoms with Gasteiger partial charge in [-0.25, -0.2) is 9.59 Å². The lowest BCUT2D eigenvalue weighted by Crippen LogP contribution is -2.08. The van der Waals surface area contributed by atoms with E-state index in [1.807, 2.05) is 0 Å². The standard InChI is InChI=1S/C6H4BrNO3.C6H5NO3/c7-4-1-3(6(10)11)2-8-5(4)9;8-5-2-1-4(3-7-5)6(9)10/h1-2H,(H,8,9)(H,10,11);1-3H,(H,7,8)(H,9,10). The fourth-order valence-corrected chi connectivity index (χ4v) is 1.48. The third kappa shape index (κ3) is 5.07. The second-order valence-electron chi connectivity index (χ2n) is 3.62. The van der Waals surface area contributed by atoms with Gasteiger partial charge in [0.2, 0.25) is 5.56 Å². The maximum absolute atomic E-state index is 10.7. The van der Waals surface area contributed by atoms with Crippen molar-refractivity contribution in [1.29, 1.82) is 0 Å². The van der Waals surface area contributed by atoms with Gasteiger partial charge in [0.15, 0.2) is 0 Å². The summed E-state index contributed by atoms with van der Waals surface area (Å²) in [7, 11) is 0. The van der Waals surface area contributed by atoms with Gasteiger partial charge in [0.1, 0.15) is 0 Å². The van der Waals surface area contributed by atoms with Gasteiger partial charge in [-0.2, -0.15) is 0 Å². The van der Waals surface area contributed by atoms with Gasteiger partial charge in [-0.05, 0) is 28.1 Å². The van der Waals surface area contributed by atoms with Gasteiger partial charge in [0.25, 0.3) is 5.56 Å². The fraction of sp³-hybridized carbons (Fsp3) is 0. The van der Waals surface area contributed by atoms with E-state index in [9.17, 15) is 19.2 Å². The quantitative estimate of drug-likeness (QED) is 0.630. The van der Waals surface area contributed by atoms with Gasteiger partial charge in [0, 0.05) is 18.5 Å². The monoisotopic (exact) mass is 356 g/mol. The van der Waals surface area contributed by atoms with Gasteiger partial charge >= 0.3 is 11.9 Å². The largest absolute Gasteiger partial charge is 0.478 e. The van der Waals surface area contributed by atoms with E-state index in [4.69, 9.17) is 10.2 Å². The fourth-order valence-electron chi connectivity index (χ4n) is 1.12. The van der Waals surface area contributed by atoms with E-state index >= 15 is 0 Å². The van der Waals surface area contributed by atoms with Crippen LogP contribution in [-0.4, -0.2) is 32.1 Å². The molecule has 2 aromatic heterocycles. The molecule has 0 fully saturated rings. The third-order valence-electron chi connectivity index (χ3n) is 2.14. The molecule has 4 N–H and O–H groups in total. The smallest absolute Gasteiger partial charge is 0.337 e. The molecule has 0 aliphatic rings. The number of aromatic carboxylic acids is 2. The third-order valence-corrected chi connectivity index (χ3v) is 2.73. The summed E-state index contributed by atoms with van der Waals surface area (Å²) in [6.07, 6.45) is 2.31. The molecule has 0 aromatic carbocycles. The number of nitrogens with one attached hydrogen (secondary N) is 2. The lowest BCUT2D eigenvalue weighted by Gasteiger charge is -1.92. The molecule has 0 bridgehead atoms. The summed E-state index contributed by atoms with van der Waals surface area (Å²) in [5.74, 6) is -2.11. The van der Waals surface area contributed by atoms with E-state index in [0.717, 1.165) is 12.4 Å². The number of rotatable bonds is 2. The molecule has 21 heavy (non-hydrogen) atoms. The highest BCUT2D eigenvalue weighted by atomic mass is 79.9. The first kappa shape index (κ1) is 16.4. The van der Waals surface area contributed by atoms with E-state index in [0.29, 0.717) is 0 Å². The van der Waals surface area contributed by atoms with Crippen molar-refractivity contribution in [3.8, 4) is 0 Å². The molecular formula is C12H9BrN2O6. The Labute approximate surface area is 125 Å². The summed E-state index contributed by atoms with van der Waals surface area (Å²) in [5, 5.41) is 16.8. The molecule has 110 valence electrons. The Hall–Kier alpha value is -2.68. The van der Waals surface area contributed by atoms with Crippen LogP contribution >= 0.6 is 15.9 Å². The summed E-state index contributed by atoms with van der Waals surface area (Å²) >= 11 is 2.91. The number of halogens is 1. The second kappa shape index (κ2) is 7.20. The number of aromatic amines is 2. The van der Waals surface area contributed by atoms with Crippen LogP contribution in [0, 0.1) is 0 Å². The Balaban J connectivity index is 0.000000211. The highest BCUT2D eigenvalue weighted by Crippen LogP contribution is 2.04. The SMILES string of the molecule is O=C(O)c1c[nH]c(=O)c(Br)c1.O=C(O)c1ccc(=O)[nH]c1. The first-order valence-electron chi connectivity index (χ1n) is 5.35. The normalized spacial score (nSPS) is 9.38.